The van der Waals surface area contributed by atoms with E-state index in [2.05, 4.69) is 54.1 Å². The van der Waals surface area contributed by atoms with Crippen molar-refractivity contribution < 1.29 is 9.47 Å². The van der Waals surface area contributed by atoms with Crippen LogP contribution in [0.3, 0.4) is 0 Å². The molecule has 1 aromatic carbocycles. The fourth-order valence-corrected chi connectivity index (χ4v) is 3.18. The van der Waals surface area contributed by atoms with Gasteiger partial charge < -0.3 is 9.47 Å². The van der Waals surface area contributed by atoms with Gasteiger partial charge in [0.15, 0.2) is 0 Å². The highest BCUT2D eigenvalue weighted by Gasteiger charge is 2.23. The number of methoxy groups -OCH3 is 1. The Hall–Kier alpha value is -1.85. The summed E-state index contributed by atoms with van der Waals surface area (Å²) in [6.07, 6.45) is 1.12. The first-order chi connectivity index (χ1) is 11.9. The number of benzene rings is 1. The highest BCUT2D eigenvalue weighted by molar-refractivity contribution is 5.29. The van der Waals surface area contributed by atoms with E-state index < -0.39 is 0 Å². The Kier molecular flexibility index (Phi) is 5.45. The molecular weight excluding hydrogens is 314 g/mol. The molecular formula is C20H29N3O2. The van der Waals surface area contributed by atoms with Crippen molar-refractivity contribution in [3.63, 3.8) is 0 Å². The van der Waals surface area contributed by atoms with Crippen LogP contribution in [0.15, 0.2) is 30.3 Å². The maximum atomic E-state index is 5.97. The summed E-state index contributed by atoms with van der Waals surface area (Å²) >= 11 is 0. The SMILES string of the molecule is COc1cccc(CC2CN(Cc3cc(C(C)(C)C)n[nH]3)CCO2)c1. The molecule has 1 saturated heterocycles. The summed E-state index contributed by atoms with van der Waals surface area (Å²) in [7, 11) is 1.70. The van der Waals surface area contributed by atoms with Gasteiger partial charge in [-0.3, -0.25) is 10.00 Å². The minimum atomic E-state index is 0.0780. The molecule has 1 aromatic heterocycles. The van der Waals surface area contributed by atoms with Crippen LogP contribution >= 0.6 is 0 Å². The Bertz CT molecular complexity index is 690. The predicted molar refractivity (Wildman–Crippen MR) is 99.0 cm³/mol. The summed E-state index contributed by atoms with van der Waals surface area (Å²) in [6.45, 7) is 10.1. The molecule has 1 unspecified atom stereocenters. The first-order valence-corrected chi connectivity index (χ1v) is 8.95. The molecule has 25 heavy (non-hydrogen) atoms. The van der Waals surface area contributed by atoms with E-state index >= 15 is 0 Å². The molecule has 1 N–H and O–H groups in total. The second-order valence-electron chi connectivity index (χ2n) is 7.81. The molecule has 0 bridgehead atoms. The third-order valence-corrected chi connectivity index (χ3v) is 4.61. The molecule has 5 nitrogen and oxygen atoms in total. The van der Waals surface area contributed by atoms with Gasteiger partial charge in [-0.15, -0.1) is 0 Å². The number of hydrogen-bond acceptors (Lipinski definition) is 4. The normalized spacial score (nSPS) is 19.1. The molecule has 2 heterocycles. The van der Waals surface area contributed by atoms with Crippen LogP contribution in [0.5, 0.6) is 5.75 Å². The van der Waals surface area contributed by atoms with Gasteiger partial charge in [0, 0.05) is 37.2 Å². The van der Waals surface area contributed by atoms with Crippen molar-refractivity contribution in [2.75, 3.05) is 26.8 Å². The van der Waals surface area contributed by atoms with Crippen LogP contribution in [-0.4, -0.2) is 48.0 Å². The summed E-state index contributed by atoms with van der Waals surface area (Å²) in [6, 6.07) is 10.4. The van der Waals surface area contributed by atoms with E-state index in [9.17, 15) is 0 Å². The number of nitrogens with one attached hydrogen (secondary N) is 1. The molecule has 5 heteroatoms. The Balaban J connectivity index is 1.58. The van der Waals surface area contributed by atoms with Gasteiger partial charge in [-0.1, -0.05) is 32.9 Å². The monoisotopic (exact) mass is 343 g/mol. The lowest BCUT2D eigenvalue weighted by Crippen LogP contribution is -2.42. The number of nitrogens with zero attached hydrogens (tertiary/aromatic N) is 2. The van der Waals surface area contributed by atoms with Crippen LogP contribution in [-0.2, 0) is 23.1 Å². The number of rotatable bonds is 5. The van der Waals surface area contributed by atoms with E-state index in [0.29, 0.717) is 0 Å². The third kappa shape index (κ3) is 4.83. The number of aromatic nitrogens is 2. The number of ether oxygens (including phenoxy) is 2. The van der Waals surface area contributed by atoms with Crippen molar-refractivity contribution in [1.29, 1.82) is 0 Å². The Morgan fingerprint density at radius 1 is 1.32 bits per heavy atom. The lowest BCUT2D eigenvalue weighted by Gasteiger charge is -2.32. The van der Waals surface area contributed by atoms with Crippen LogP contribution in [0.25, 0.3) is 0 Å². The van der Waals surface area contributed by atoms with Crippen molar-refractivity contribution in [1.82, 2.24) is 15.1 Å². The Labute approximate surface area is 150 Å². The molecule has 1 aliphatic heterocycles. The predicted octanol–water partition coefficient (Wildman–Crippen LogP) is 3.16. The van der Waals surface area contributed by atoms with Crippen molar-refractivity contribution in [2.24, 2.45) is 0 Å². The van der Waals surface area contributed by atoms with Crippen LogP contribution in [0, 0.1) is 0 Å². The van der Waals surface area contributed by atoms with Crippen LogP contribution in [0.2, 0.25) is 0 Å². The van der Waals surface area contributed by atoms with Gasteiger partial charge in [-0.05, 0) is 23.8 Å². The molecule has 1 fully saturated rings. The van der Waals surface area contributed by atoms with Gasteiger partial charge in [0.05, 0.1) is 25.5 Å². The smallest absolute Gasteiger partial charge is 0.119 e. The molecule has 136 valence electrons. The van der Waals surface area contributed by atoms with E-state index in [1.165, 1.54) is 11.3 Å². The maximum Gasteiger partial charge on any atom is 0.119 e. The summed E-state index contributed by atoms with van der Waals surface area (Å²) in [5, 5.41) is 7.65. The summed E-state index contributed by atoms with van der Waals surface area (Å²) in [5.41, 5.74) is 3.62. The van der Waals surface area contributed by atoms with Gasteiger partial charge in [0.25, 0.3) is 0 Å². The lowest BCUT2D eigenvalue weighted by atomic mass is 9.92. The van der Waals surface area contributed by atoms with Crippen LogP contribution < -0.4 is 4.74 Å². The molecule has 1 aliphatic rings. The van der Waals surface area contributed by atoms with E-state index in [0.717, 1.165) is 44.1 Å². The van der Waals surface area contributed by atoms with Crippen LogP contribution in [0.4, 0.5) is 0 Å². The zero-order valence-corrected chi connectivity index (χ0v) is 15.7. The minimum Gasteiger partial charge on any atom is -0.497 e. The van der Waals surface area contributed by atoms with E-state index in [-0.39, 0.29) is 11.5 Å². The van der Waals surface area contributed by atoms with Crippen molar-refractivity contribution in [2.45, 2.75) is 45.3 Å². The zero-order valence-electron chi connectivity index (χ0n) is 15.7. The first kappa shape index (κ1) is 18.0. The average Bonchev–Trinajstić information content (AvgIpc) is 3.04. The number of aromatic amines is 1. The molecule has 1 atom stereocenters. The molecule has 0 spiro atoms. The first-order valence-electron chi connectivity index (χ1n) is 8.95. The highest BCUT2D eigenvalue weighted by Crippen LogP contribution is 2.22. The van der Waals surface area contributed by atoms with E-state index in [1.54, 1.807) is 7.11 Å². The molecule has 0 saturated carbocycles. The number of hydrogen-bond donors (Lipinski definition) is 1. The van der Waals surface area contributed by atoms with Gasteiger partial charge >= 0.3 is 0 Å². The summed E-state index contributed by atoms with van der Waals surface area (Å²) < 4.78 is 11.3. The molecule has 0 aliphatic carbocycles. The van der Waals surface area contributed by atoms with E-state index in [4.69, 9.17) is 9.47 Å². The molecule has 3 rings (SSSR count). The Morgan fingerprint density at radius 3 is 2.88 bits per heavy atom. The van der Waals surface area contributed by atoms with Gasteiger partial charge in [-0.25, -0.2) is 0 Å². The van der Waals surface area contributed by atoms with Gasteiger partial charge in [0.2, 0.25) is 0 Å². The largest absolute Gasteiger partial charge is 0.497 e. The summed E-state index contributed by atoms with van der Waals surface area (Å²) in [5.74, 6) is 0.900. The van der Waals surface area contributed by atoms with Crippen molar-refractivity contribution >= 4 is 0 Å². The standard InChI is InChI=1S/C20H29N3O2/c1-20(2,3)19-12-16(21-22-19)13-23-8-9-25-18(14-23)11-15-6-5-7-17(10-15)24-4/h5-7,10,12,18H,8-9,11,13-14H2,1-4H3,(H,21,22). The van der Waals surface area contributed by atoms with Crippen molar-refractivity contribution in [3.8, 4) is 5.75 Å². The van der Waals surface area contributed by atoms with Gasteiger partial charge in [-0.2, -0.15) is 5.10 Å². The quantitative estimate of drug-likeness (QED) is 0.906. The summed E-state index contributed by atoms with van der Waals surface area (Å²) in [4.78, 5) is 2.44. The minimum absolute atomic E-state index is 0.0780. The fourth-order valence-electron chi connectivity index (χ4n) is 3.18. The third-order valence-electron chi connectivity index (χ3n) is 4.61. The maximum absolute atomic E-state index is 5.97. The Morgan fingerprint density at radius 2 is 2.16 bits per heavy atom. The number of morpholine rings is 1. The van der Waals surface area contributed by atoms with Gasteiger partial charge in [0.1, 0.15) is 5.75 Å². The topological polar surface area (TPSA) is 50.4 Å². The second kappa shape index (κ2) is 7.58. The second-order valence-corrected chi connectivity index (χ2v) is 7.81. The zero-order chi connectivity index (χ0) is 17.9. The molecule has 2 aromatic rings. The molecule has 0 radical (unpaired) electrons. The van der Waals surface area contributed by atoms with E-state index in [1.807, 2.05) is 12.1 Å². The fraction of sp³-hybridized carbons (Fsp3) is 0.550. The van der Waals surface area contributed by atoms with Crippen molar-refractivity contribution in [3.05, 3.63) is 47.3 Å². The average molecular weight is 343 g/mol. The van der Waals surface area contributed by atoms with Crippen LogP contribution in [0.1, 0.15) is 37.7 Å². The highest BCUT2D eigenvalue weighted by atomic mass is 16.5. The number of H-pyrrole nitrogens is 1. The lowest BCUT2D eigenvalue weighted by molar-refractivity contribution is -0.0308. The molecule has 0 amide bonds.